The van der Waals surface area contributed by atoms with E-state index in [1.807, 2.05) is 0 Å². The number of benzene rings is 1. The van der Waals surface area contributed by atoms with Gasteiger partial charge in [-0.05, 0) is 25.0 Å². The molecule has 1 aromatic carbocycles. The van der Waals surface area contributed by atoms with Gasteiger partial charge < -0.3 is 14.8 Å². The van der Waals surface area contributed by atoms with E-state index in [0.29, 0.717) is 22.9 Å². The highest BCUT2D eigenvalue weighted by Crippen LogP contribution is 2.37. The Hall–Kier alpha value is -1.42. The molecule has 1 amide bonds. The average Bonchev–Trinajstić information content (AvgIpc) is 3.18. The van der Waals surface area contributed by atoms with Gasteiger partial charge in [0.05, 0.1) is 25.3 Å². The van der Waals surface area contributed by atoms with Crippen LogP contribution in [-0.4, -0.2) is 31.5 Å². The first-order chi connectivity index (χ1) is 8.64. The van der Waals surface area contributed by atoms with Gasteiger partial charge >= 0.3 is 0 Å². The number of hydrogen-bond donors (Lipinski definition) is 1. The minimum absolute atomic E-state index is 0.160. The molecule has 1 saturated carbocycles. The summed E-state index contributed by atoms with van der Waals surface area (Å²) in [5.74, 6) is 1.43. The summed E-state index contributed by atoms with van der Waals surface area (Å²) in [5, 5.41) is 2.95. The largest absolute Gasteiger partial charge is 0.497 e. The molecule has 0 spiro atoms. The second kappa shape index (κ2) is 5.06. The van der Waals surface area contributed by atoms with E-state index in [4.69, 9.17) is 21.1 Å². The standard InChI is InChI=1S/C13H16ClNO3/c1-17-9-3-4-10(11(7-9)18-2)12(16)15-13(8-14)5-6-13/h3-4,7H,5-6,8H2,1-2H3,(H,15,16). The number of ether oxygens (including phenoxy) is 2. The van der Waals surface area contributed by atoms with Crippen LogP contribution < -0.4 is 14.8 Å². The van der Waals surface area contributed by atoms with E-state index >= 15 is 0 Å². The predicted molar refractivity (Wildman–Crippen MR) is 69.7 cm³/mol. The lowest BCUT2D eigenvalue weighted by atomic mass is 10.1. The van der Waals surface area contributed by atoms with Crippen molar-refractivity contribution in [2.75, 3.05) is 20.1 Å². The normalized spacial score (nSPS) is 15.9. The lowest BCUT2D eigenvalue weighted by molar-refractivity contribution is 0.0933. The number of methoxy groups -OCH3 is 2. The molecule has 0 radical (unpaired) electrons. The number of rotatable bonds is 5. The molecule has 18 heavy (non-hydrogen) atoms. The van der Waals surface area contributed by atoms with Crippen LogP contribution in [0.4, 0.5) is 0 Å². The maximum absolute atomic E-state index is 12.1. The maximum atomic E-state index is 12.1. The van der Waals surface area contributed by atoms with Crippen molar-refractivity contribution in [2.24, 2.45) is 0 Å². The van der Waals surface area contributed by atoms with Gasteiger partial charge in [0.15, 0.2) is 0 Å². The van der Waals surface area contributed by atoms with E-state index in [9.17, 15) is 4.79 Å². The third kappa shape index (κ3) is 2.53. The van der Waals surface area contributed by atoms with Crippen LogP contribution in [-0.2, 0) is 0 Å². The molecule has 1 aromatic rings. The van der Waals surface area contributed by atoms with E-state index in [1.165, 1.54) is 7.11 Å². The highest BCUT2D eigenvalue weighted by molar-refractivity contribution is 6.19. The van der Waals surface area contributed by atoms with Crippen LogP contribution in [0, 0.1) is 0 Å². The molecule has 5 heteroatoms. The molecule has 0 saturated heterocycles. The summed E-state index contributed by atoms with van der Waals surface area (Å²) in [6, 6.07) is 5.12. The summed E-state index contributed by atoms with van der Waals surface area (Å²) in [7, 11) is 3.10. The predicted octanol–water partition coefficient (Wildman–Crippen LogP) is 2.21. The minimum atomic E-state index is -0.219. The molecule has 0 bridgehead atoms. The fraction of sp³-hybridized carbons (Fsp3) is 0.462. The summed E-state index contributed by atoms with van der Waals surface area (Å²) in [6.07, 6.45) is 1.86. The van der Waals surface area contributed by atoms with Gasteiger partial charge in [0.25, 0.3) is 5.91 Å². The molecule has 0 unspecified atom stereocenters. The first-order valence-corrected chi connectivity index (χ1v) is 6.28. The topological polar surface area (TPSA) is 47.6 Å². The van der Waals surface area contributed by atoms with Crippen molar-refractivity contribution >= 4 is 17.5 Å². The Kier molecular flexibility index (Phi) is 3.66. The molecule has 4 nitrogen and oxygen atoms in total. The lowest BCUT2D eigenvalue weighted by Crippen LogP contribution is -2.38. The highest BCUT2D eigenvalue weighted by atomic mass is 35.5. The summed E-state index contributed by atoms with van der Waals surface area (Å²) in [6.45, 7) is 0. The van der Waals surface area contributed by atoms with E-state index in [1.54, 1.807) is 25.3 Å². The summed E-state index contributed by atoms with van der Waals surface area (Å²) in [4.78, 5) is 12.1. The zero-order valence-corrected chi connectivity index (χ0v) is 11.2. The summed E-state index contributed by atoms with van der Waals surface area (Å²) < 4.78 is 10.3. The molecular weight excluding hydrogens is 254 g/mol. The van der Waals surface area contributed by atoms with Crippen molar-refractivity contribution in [3.8, 4) is 11.5 Å². The smallest absolute Gasteiger partial charge is 0.255 e. The van der Waals surface area contributed by atoms with E-state index in [2.05, 4.69) is 5.32 Å². The van der Waals surface area contributed by atoms with Crippen LogP contribution in [0.15, 0.2) is 18.2 Å². The number of hydrogen-bond acceptors (Lipinski definition) is 3. The molecule has 0 atom stereocenters. The molecule has 1 aliphatic carbocycles. The summed E-state index contributed by atoms with van der Waals surface area (Å²) >= 11 is 5.84. The van der Waals surface area contributed by atoms with Crippen molar-refractivity contribution in [3.05, 3.63) is 23.8 Å². The fourth-order valence-electron chi connectivity index (χ4n) is 1.74. The molecule has 0 heterocycles. The Morgan fingerprint density at radius 1 is 1.39 bits per heavy atom. The van der Waals surface area contributed by atoms with Gasteiger partial charge in [-0.3, -0.25) is 4.79 Å². The van der Waals surface area contributed by atoms with Gasteiger partial charge in [-0.15, -0.1) is 11.6 Å². The minimum Gasteiger partial charge on any atom is -0.497 e. The van der Waals surface area contributed by atoms with Crippen molar-refractivity contribution < 1.29 is 14.3 Å². The van der Waals surface area contributed by atoms with Gasteiger partial charge in [0.2, 0.25) is 0 Å². The number of carbonyl (C=O) groups excluding carboxylic acids is 1. The van der Waals surface area contributed by atoms with Gasteiger partial charge in [-0.25, -0.2) is 0 Å². The molecule has 1 N–H and O–H groups in total. The molecule has 98 valence electrons. The van der Waals surface area contributed by atoms with Crippen LogP contribution in [0.1, 0.15) is 23.2 Å². The lowest BCUT2D eigenvalue weighted by Gasteiger charge is -2.16. The van der Waals surface area contributed by atoms with Gasteiger partial charge in [-0.1, -0.05) is 0 Å². The highest BCUT2D eigenvalue weighted by Gasteiger charge is 2.43. The second-order valence-electron chi connectivity index (χ2n) is 4.43. The van der Waals surface area contributed by atoms with Gasteiger partial charge in [-0.2, -0.15) is 0 Å². The van der Waals surface area contributed by atoms with Crippen molar-refractivity contribution in [3.63, 3.8) is 0 Å². The van der Waals surface area contributed by atoms with Gasteiger partial charge in [0, 0.05) is 11.9 Å². The molecular formula is C13H16ClNO3. The van der Waals surface area contributed by atoms with Crippen LogP contribution in [0.5, 0.6) is 11.5 Å². The molecule has 1 aliphatic rings. The molecule has 0 aromatic heterocycles. The molecule has 1 fully saturated rings. The average molecular weight is 270 g/mol. The number of alkyl halides is 1. The zero-order valence-electron chi connectivity index (χ0n) is 10.5. The van der Waals surface area contributed by atoms with Crippen LogP contribution >= 0.6 is 11.6 Å². The first kappa shape index (κ1) is 13.0. The van der Waals surface area contributed by atoms with Crippen molar-refractivity contribution in [1.82, 2.24) is 5.32 Å². The Bertz CT molecular complexity index is 458. The fourth-order valence-corrected chi connectivity index (χ4v) is 2.07. The van der Waals surface area contributed by atoms with Crippen LogP contribution in [0.3, 0.4) is 0 Å². The van der Waals surface area contributed by atoms with Crippen LogP contribution in [0.25, 0.3) is 0 Å². The quantitative estimate of drug-likeness (QED) is 0.834. The second-order valence-corrected chi connectivity index (χ2v) is 4.70. The Morgan fingerprint density at radius 3 is 2.61 bits per heavy atom. The number of nitrogens with one attached hydrogen (secondary N) is 1. The Balaban J connectivity index is 2.19. The van der Waals surface area contributed by atoms with Gasteiger partial charge in [0.1, 0.15) is 11.5 Å². The zero-order chi connectivity index (χ0) is 13.2. The third-order valence-corrected chi connectivity index (χ3v) is 3.65. The van der Waals surface area contributed by atoms with Crippen LogP contribution in [0.2, 0.25) is 0 Å². The number of halogens is 1. The maximum Gasteiger partial charge on any atom is 0.255 e. The summed E-state index contributed by atoms with van der Waals surface area (Å²) in [5.41, 5.74) is 0.276. The SMILES string of the molecule is COc1ccc(C(=O)NC2(CCl)CC2)c(OC)c1. The first-order valence-electron chi connectivity index (χ1n) is 5.74. The number of carbonyl (C=O) groups is 1. The van der Waals surface area contributed by atoms with E-state index in [0.717, 1.165) is 12.8 Å². The van der Waals surface area contributed by atoms with E-state index < -0.39 is 0 Å². The molecule has 2 rings (SSSR count). The Morgan fingerprint density at radius 2 is 2.11 bits per heavy atom. The van der Waals surface area contributed by atoms with Crippen molar-refractivity contribution in [1.29, 1.82) is 0 Å². The molecule has 0 aliphatic heterocycles. The monoisotopic (exact) mass is 269 g/mol. The Labute approximate surface area is 111 Å². The third-order valence-electron chi connectivity index (χ3n) is 3.14. The van der Waals surface area contributed by atoms with Crippen molar-refractivity contribution in [2.45, 2.75) is 18.4 Å². The van der Waals surface area contributed by atoms with E-state index in [-0.39, 0.29) is 11.4 Å². The number of amides is 1.